The predicted octanol–water partition coefficient (Wildman–Crippen LogP) is 2.38. The van der Waals surface area contributed by atoms with Gasteiger partial charge in [0.15, 0.2) is 11.6 Å². The Kier molecular flexibility index (Phi) is 4.09. The van der Waals surface area contributed by atoms with Crippen molar-refractivity contribution in [3.8, 4) is 11.6 Å². The smallest absolute Gasteiger partial charge is 0.273 e. The maximum absolute atomic E-state index is 12.8. The van der Waals surface area contributed by atoms with Gasteiger partial charge in [-0.05, 0) is 38.9 Å². The average molecular weight is 398 g/mol. The van der Waals surface area contributed by atoms with E-state index in [-0.39, 0.29) is 11.4 Å². The molecule has 0 radical (unpaired) electrons. The molecule has 8 nitrogen and oxygen atoms in total. The van der Waals surface area contributed by atoms with Crippen LogP contribution < -0.4 is 0 Å². The van der Waals surface area contributed by atoms with Gasteiger partial charge in [-0.1, -0.05) is 0 Å². The summed E-state index contributed by atoms with van der Waals surface area (Å²) in [6, 6.07) is 3.79. The highest BCUT2D eigenvalue weighted by molar-refractivity contribution is 7.09. The van der Waals surface area contributed by atoms with Gasteiger partial charge in [-0.15, -0.1) is 21.5 Å². The van der Waals surface area contributed by atoms with Crippen molar-refractivity contribution in [2.24, 2.45) is 0 Å². The summed E-state index contributed by atoms with van der Waals surface area (Å²) in [6.07, 6.45) is 3.37. The van der Waals surface area contributed by atoms with E-state index in [0.717, 1.165) is 48.3 Å². The minimum atomic E-state index is -0.136. The number of aryl methyl sites for hydroxylation is 1. The highest BCUT2D eigenvalue weighted by Gasteiger charge is 2.44. The number of rotatable bonds is 2. The SMILES string of the molecule is Cc1nc(C(=O)N2CCC3(CC2)CN(C)Cc2nnc(-c4ccco4)n23)cs1. The quantitative estimate of drug-likeness (QED) is 0.659. The second-order valence-electron chi connectivity index (χ2n) is 7.69. The van der Waals surface area contributed by atoms with E-state index in [2.05, 4.69) is 31.7 Å². The van der Waals surface area contributed by atoms with Gasteiger partial charge in [0, 0.05) is 25.0 Å². The zero-order valence-electron chi connectivity index (χ0n) is 16.0. The molecule has 0 unspecified atom stereocenters. The number of likely N-dealkylation sites (tertiary alicyclic amines) is 1. The van der Waals surface area contributed by atoms with Crippen LogP contribution in [0.5, 0.6) is 0 Å². The Morgan fingerprint density at radius 3 is 2.79 bits per heavy atom. The lowest BCUT2D eigenvalue weighted by Gasteiger charge is -2.47. The van der Waals surface area contributed by atoms with Gasteiger partial charge in [-0.25, -0.2) is 4.98 Å². The number of nitrogens with zero attached hydrogens (tertiary/aromatic N) is 6. The fourth-order valence-electron chi connectivity index (χ4n) is 4.48. The number of likely N-dealkylation sites (N-methyl/N-ethyl adjacent to an activating group) is 1. The predicted molar refractivity (Wildman–Crippen MR) is 104 cm³/mol. The standard InChI is InChI=1S/C19H22N6O2S/c1-13-20-14(11-28-13)18(26)24-7-5-19(6-8-24)12-23(2)10-16-21-22-17(25(16)19)15-4-3-9-27-15/h3-4,9,11H,5-8,10,12H2,1-2H3. The Bertz CT molecular complexity index is 1000. The van der Waals surface area contributed by atoms with Crippen LogP contribution in [0, 0.1) is 6.92 Å². The van der Waals surface area contributed by atoms with E-state index >= 15 is 0 Å². The molecule has 1 saturated heterocycles. The van der Waals surface area contributed by atoms with Crippen LogP contribution >= 0.6 is 11.3 Å². The molecule has 0 atom stereocenters. The van der Waals surface area contributed by atoms with Crippen molar-refractivity contribution in [3.63, 3.8) is 0 Å². The first-order chi connectivity index (χ1) is 13.6. The summed E-state index contributed by atoms with van der Waals surface area (Å²) in [7, 11) is 2.11. The average Bonchev–Trinajstić information content (AvgIpc) is 3.41. The van der Waals surface area contributed by atoms with Gasteiger partial charge in [0.25, 0.3) is 5.91 Å². The topological polar surface area (TPSA) is 80.3 Å². The lowest BCUT2D eigenvalue weighted by molar-refractivity contribution is 0.0405. The number of carbonyl (C=O) groups is 1. The molecule has 0 aromatic carbocycles. The van der Waals surface area contributed by atoms with Gasteiger partial charge in [0.05, 0.1) is 23.4 Å². The van der Waals surface area contributed by atoms with Crippen LogP contribution in [-0.2, 0) is 12.1 Å². The van der Waals surface area contributed by atoms with E-state index in [1.165, 1.54) is 11.3 Å². The van der Waals surface area contributed by atoms with Gasteiger partial charge in [-0.3, -0.25) is 14.3 Å². The van der Waals surface area contributed by atoms with Crippen molar-refractivity contribution >= 4 is 17.2 Å². The summed E-state index contributed by atoms with van der Waals surface area (Å²) in [6.45, 7) is 4.98. The van der Waals surface area contributed by atoms with Crippen LogP contribution in [0.4, 0.5) is 0 Å². The number of thiazole rings is 1. The molecule has 3 aromatic rings. The van der Waals surface area contributed by atoms with E-state index in [1.54, 1.807) is 6.26 Å². The van der Waals surface area contributed by atoms with Crippen molar-refractivity contribution in [1.29, 1.82) is 0 Å². The molecule has 0 aliphatic carbocycles. The third kappa shape index (κ3) is 2.77. The van der Waals surface area contributed by atoms with Gasteiger partial charge in [0.2, 0.25) is 0 Å². The first-order valence-corrected chi connectivity index (χ1v) is 10.3. The zero-order chi connectivity index (χ0) is 19.3. The lowest BCUT2D eigenvalue weighted by Crippen LogP contribution is -2.56. The Morgan fingerprint density at radius 2 is 2.11 bits per heavy atom. The van der Waals surface area contributed by atoms with Gasteiger partial charge in [0.1, 0.15) is 11.5 Å². The van der Waals surface area contributed by atoms with Crippen LogP contribution in [0.15, 0.2) is 28.2 Å². The van der Waals surface area contributed by atoms with Crippen molar-refractivity contribution in [3.05, 3.63) is 40.3 Å². The maximum atomic E-state index is 12.8. The van der Waals surface area contributed by atoms with E-state index in [4.69, 9.17) is 4.42 Å². The molecular formula is C19H22N6O2S. The van der Waals surface area contributed by atoms with Crippen LogP contribution in [0.1, 0.15) is 34.2 Å². The lowest BCUT2D eigenvalue weighted by atomic mass is 9.84. The molecule has 5 heterocycles. The normalized spacial score (nSPS) is 19.1. The number of aromatic nitrogens is 4. The Morgan fingerprint density at radius 1 is 1.29 bits per heavy atom. The number of piperidine rings is 1. The number of hydrogen-bond acceptors (Lipinski definition) is 7. The largest absolute Gasteiger partial charge is 0.461 e. The Hall–Kier alpha value is -2.52. The molecule has 3 aromatic heterocycles. The molecule has 2 aliphatic heterocycles. The molecule has 0 saturated carbocycles. The van der Waals surface area contributed by atoms with Crippen LogP contribution in [0.25, 0.3) is 11.6 Å². The molecule has 146 valence electrons. The van der Waals surface area contributed by atoms with E-state index in [9.17, 15) is 4.79 Å². The van der Waals surface area contributed by atoms with E-state index in [0.29, 0.717) is 18.8 Å². The Balaban J connectivity index is 1.44. The summed E-state index contributed by atoms with van der Waals surface area (Å²) in [5.41, 5.74) is 0.420. The van der Waals surface area contributed by atoms with Gasteiger partial charge < -0.3 is 9.32 Å². The van der Waals surface area contributed by atoms with E-state index < -0.39 is 0 Å². The van der Waals surface area contributed by atoms with Gasteiger partial charge in [-0.2, -0.15) is 0 Å². The fraction of sp³-hybridized carbons (Fsp3) is 0.474. The van der Waals surface area contributed by atoms with Crippen LogP contribution in [-0.4, -0.2) is 62.1 Å². The zero-order valence-corrected chi connectivity index (χ0v) is 16.8. The molecule has 1 fully saturated rings. The van der Waals surface area contributed by atoms with Gasteiger partial charge >= 0.3 is 0 Å². The molecule has 9 heteroatoms. The monoisotopic (exact) mass is 398 g/mol. The molecule has 0 N–H and O–H groups in total. The molecule has 1 amide bonds. The van der Waals surface area contributed by atoms with Crippen molar-refractivity contribution in [2.75, 3.05) is 26.7 Å². The van der Waals surface area contributed by atoms with Crippen molar-refractivity contribution in [2.45, 2.75) is 31.8 Å². The molecule has 5 rings (SSSR count). The first kappa shape index (κ1) is 17.6. The summed E-state index contributed by atoms with van der Waals surface area (Å²) in [5.74, 6) is 2.50. The van der Waals surface area contributed by atoms with E-state index in [1.807, 2.05) is 29.3 Å². The number of amides is 1. The van der Waals surface area contributed by atoms with Crippen molar-refractivity contribution < 1.29 is 9.21 Å². The van der Waals surface area contributed by atoms with Crippen LogP contribution in [0.2, 0.25) is 0 Å². The number of carbonyl (C=O) groups excluding carboxylic acids is 1. The minimum absolute atomic E-state index is 0.0265. The Labute approximate surface area is 166 Å². The highest BCUT2D eigenvalue weighted by Crippen LogP contribution is 2.39. The minimum Gasteiger partial charge on any atom is -0.461 e. The summed E-state index contributed by atoms with van der Waals surface area (Å²) >= 11 is 1.51. The molecule has 2 aliphatic rings. The first-order valence-electron chi connectivity index (χ1n) is 9.44. The molecule has 0 bridgehead atoms. The fourth-order valence-corrected chi connectivity index (χ4v) is 5.07. The summed E-state index contributed by atoms with van der Waals surface area (Å²) < 4.78 is 7.88. The number of hydrogen-bond donors (Lipinski definition) is 0. The summed E-state index contributed by atoms with van der Waals surface area (Å²) in [5, 5.41) is 11.6. The maximum Gasteiger partial charge on any atom is 0.273 e. The molecule has 28 heavy (non-hydrogen) atoms. The second-order valence-corrected chi connectivity index (χ2v) is 8.76. The third-order valence-electron chi connectivity index (χ3n) is 5.74. The molecular weight excluding hydrogens is 376 g/mol. The summed E-state index contributed by atoms with van der Waals surface area (Å²) in [4.78, 5) is 21.4. The third-order valence-corrected chi connectivity index (χ3v) is 6.51. The second kappa shape index (κ2) is 6.52. The number of fused-ring (bicyclic) bond motifs is 2. The van der Waals surface area contributed by atoms with Crippen LogP contribution in [0.3, 0.4) is 0 Å². The number of furan rings is 1. The van der Waals surface area contributed by atoms with Crippen molar-refractivity contribution in [1.82, 2.24) is 29.5 Å². The molecule has 1 spiro atoms. The highest BCUT2D eigenvalue weighted by atomic mass is 32.1.